The molecule has 0 amide bonds. The number of nitrogens with zero attached hydrogens (tertiary/aromatic N) is 1. The van der Waals surface area contributed by atoms with Gasteiger partial charge in [0.1, 0.15) is 5.01 Å². The van der Waals surface area contributed by atoms with E-state index in [-0.39, 0.29) is 5.78 Å². The Balaban J connectivity index is 2.41. The van der Waals surface area contributed by atoms with Crippen LogP contribution in [-0.4, -0.2) is 16.1 Å². The van der Waals surface area contributed by atoms with Crippen LogP contribution in [0.3, 0.4) is 0 Å². The molecule has 0 atom stereocenters. The van der Waals surface area contributed by atoms with E-state index >= 15 is 0 Å². The van der Waals surface area contributed by atoms with Crippen molar-refractivity contribution >= 4 is 33.0 Å². The molecule has 0 aliphatic rings. The molecule has 0 fully saturated rings. The molecule has 1 heterocycles. The number of thiazole rings is 1. The lowest BCUT2D eigenvalue weighted by Crippen LogP contribution is -1.98. The van der Waals surface area contributed by atoms with Crippen LogP contribution in [0.2, 0.25) is 0 Å². The first kappa shape index (κ1) is 12.5. The van der Waals surface area contributed by atoms with E-state index in [0.29, 0.717) is 5.33 Å². The molecule has 4 heteroatoms. The van der Waals surface area contributed by atoms with Gasteiger partial charge < -0.3 is 0 Å². The molecular weight excluding hydrogens is 298 g/mol. The third kappa shape index (κ3) is 2.64. The highest BCUT2D eigenvalue weighted by molar-refractivity contribution is 9.09. The molecule has 2 nitrogen and oxygen atoms in total. The minimum Gasteiger partial charge on any atom is -0.292 e. The van der Waals surface area contributed by atoms with Gasteiger partial charge in [-0.05, 0) is 13.8 Å². The van der Waals surface area contributed by atoms with Crippen LogP contribution in [0.25, 0.3) is 10.6 Å². The SMILES string of the molecule is Cc1ccc(-c2nc(C)c(C(=O)CBr)s2)cc1. The Bertz CT molecular complexity index is 545. The number of aryl methyl sites for hydroxylation is 2. The zero-order valence-corrected chi connectivity index (χ0v) is 12.1. The fourth-order valence-electron chi connectivity index (χ4n) is 1.54. The number of hydrogen-bond donors (Lipinski definition) is 0. The standard InChI is InChI=1S/C13H12BrNOS/c1-8-3-5-10(6-4-8)13-15-9(2)12(17-13)11(16)7-14/h3-6H,7H2,1-2H3. The highest BCUT2D eigenvalue weighted by Gasteiger charge is 2.14. The predicted molar refractivity (Wildman–Crippen MR) is 75.1 cm³/mol. The first-order valence-electron chi connectivity index (χ1n) is 5.25. The molecule has 0 N–H and O–H groups in total. The van der Waals surface area contributed by atoms with Crippen molar-refractivity contribution in [2.24, 2.45) is 0 Å². The molecule has 0 aliphatic carbocycles. The number of benzene rings is 1. The van der Waals surface area contributed by atoms with Gasteiger partial charge in [-0.2, -0.15) is 0 Å². The lowest BCUT2D eigenvalue weighted by molar-refractivity contribution is 0.102. The van der Waals surface area contributed by atoms with Crippen LogP contribution in [0.5, 0.6) is 0 Å². The zero-order chi connectivity index (χ0) is 12.4. The molecule has 0 bridgehead atoms. The van der Waals surface area contributed by atoms with Crippen molar-refractivity contribution in [3.05, 3.63) is 40.4 Å². The summed E-state index contributed by atoms with van der Waals surface area (Å²) in [5.41, 5.74) is 3.10. The summed E-state index contributed by atoms with van der Waals surface area (Å²) in [5, 5.41) is 1.26. The van der Waals surface area contributed by atoms with Gasteiger partial charge in [-0.1, -0.05) is 45.8 Å². The van der Waals surface area contributed by atoms with Gasteiger partial charge in [0, 0.05) is 5.56 Å². The van der Waals surface area contributed by atoms with Gasteiger partial charge in [0.2, 0.25) is 0 Å². The van der Waals surface area contributed by atoms with E-state index in [1.807, 2.05) is 19.1 Å². The van der Waals surface area contributed by atoms with Crippen LogP contribution in [0.1, 0.15) is 20.9 Å². The van der Waals surface area contributed by atoms with Gasteiger partial charge in [-0.3, -0.25) is 4.79 Å². The van der Waals surface area contributed by atoms with Crippen molar-refractivity contribution in [1.29, 1.82) is 0 Å². The second-order valence-corrected chi connectivity index (χ2v) is 5.42. The van der Waals surface area contributed by atoms with E-state index in [4.69, 9.17) is 0 Å². The van der Waals surface area contributed by atoms with Crippen molar-refractivity contribution in [3.63, 3.8) is 0 Å². The number of rotatable bonds is 3. The molecule has 0 radical (unpaired) electrons. The van der Waals surface area contributed by atoms with E-state index in [2.05, 4.69) is 40.0 Å². The molecular formula is C13H12BrNOS. The second kappa shape index (κ2) is 5.10. The number of halogens is 1. The average Bonchev–Trinajstić information content (AvgIpc) is 2.71. The summed E-state index contributed by atoms with van der Waals surface area (Å²) in [4.78, 5) is 16.9. The number of Topliss-reactive ketones (excluding diaryl/α,β-unsaturated/α-hetero) is 1. The molecule has 2 rings (SSSR count). The summed E-state index contributed by atoms with van der Waals surface area (Å²) in [6, 6.07) is 8.18. The summed E-state index contributed by atoms with van der Waals surface area (Å²) in [6.45, 7) is 3.93. The van der Waals surface area contributed by atoms with Crippen molar-refractivity contribution in [2.45, 2.75) is 13.8 Å². The van der Waals surface area contributed by atoms with Crippen LogP contribution in [0, 0.1) is 13.8 Å². The van der Waals surface area contributed by atoms with Crippen molar-refractivity contribution in [3.8, 4) is 10.6 Å². The Hall–Kier alpha value is -1.00. The maximum Gasteiger partial charge on any atom is 0.185 e. The van der Waals surface area contributed by atoms with Crippen molar-refractivity contribution in [2.75, 3.05) is 5.33 Å². The largest absolute Gasteiger partial charge is 0.292 e. The van der Waals surface area contributed by atoms with Gasteiger partial charge in [-0.25, -0.2) is 4.98 Å². The summed E-state index contributed by atoms with van der Waals surface area (Å²) in [7, 11) is 0. The Morgan fingerprint density at radius 1 is 1.29 bits per heavy atom. The van der Waals surface area contributed by atoms with E-state index in [1.54, 1.807) is 0 Å². The third-order valence-electron chi connectivity index (χ3n) is 2.47. The Labute approximate surface area is 113 Å². The third-order valence-corrected chi connectivity index (χ3v) is 4.23. The summed E-state index contributed by atoms with van der Waals surface area (Å²) in [5.74, 6) is 0.0957. The Morgan fingerprint density at radius 3 is 2.53 bits per heavy atom. The van der Waals surface area contributed by atoms with Crippen molar-refractivity contribution in [1.82, 2.24) is 4.98 Å². The van der Waals surface area contributed by atoms with E-state index < -0.39 is 0 Å². The van der Waals surface area contributed by atoms with Crippen LogP contribution in [0.4, 0.5) is 0 Å². The summed E-state index contributed by atoms with van der Waals surface area (Å²) in [6.07, 6.45) is 0. The number of aromatic nitrogens is 1. The van der Waals surface area contributed by atoms with E-state index in [0.717, 1.165) is 21.1 Å². The number of ketones is 1. The first-order valence-corrected chi connectivity index (χ1v) is 7.19. The zero-order valence-electron chi connectivity index (χ0n) is 9.66. The van der Waals surface area contributed by atoms with Crippen LogP contribution in [0.15, 0.2) is 24.3 Å². The number of carbonyl (C=O) groups is 1. The molecule has 0 unspecified atom stereocenters. The van der Waals surface area contributed by atoms with Gasteiger partial charge in [0.25, 0.3) is 0 Å². The van der Waals surface area contributed by atoms with Crippen LogP contribution in [-0.2, 0) is 0 Å². The second-order valence-electron chi connectivity index (χ2n) is 3.86. The molecule has 1 aromatic heterocycles. The van der Waals surface area contributed by atoms with Gasteiger partial charge >= 0.3 is 0 Å². The normalized spacial score (nSPS) is 10.5. The van der Waals surface area contributed by atoms with Crippen molar-refractivity contribution < 1.29 is 4.79 Å². The van der Waals surface area contributed by atoms with Gasteiger partial charge in [0.05, 0.1) is 15.9 Å². The lowest BCUT2D eigenvalue weighted by Gasteiger charge is -1.96. The summed E-state index contributed by atoms with van der Waals surface area (Å²) >= 11 is 4.65. The number of alkyl halides is 1. The van der Waals surface area contributed by atoms with Gasteiger partial charge in [0.15, 0.2) is 5.78 Å². The minimum atomic E-state index is 0.0957. The maximum absolute atomic E-state index is 11.7. The quantitative estimate of drug-likeness (QED) is 0.633. The van der Waals surface area contributed by atoms with E-state index in [1.165, 1.54) is 16.9 Å². The molecule has 0 spiro atoms. The molecule has 0 saturated heterocycles. The molecule has 1 aromatic carbocycles. The number of hydrogen-bond acceptors (Lipinski definition) is 3. The predicted octanol–water partition coefficient (Wildman–Crippen LogP) is 4.00. The highest BCUT2D eigenvalue weighted by Crippen LogP contribution is 2.28. The average molecular weight is 310 g/mol. The first-order chi connectivity index (χ1) is 8.11. The molecule has 2 aromatic rings. The number of carbonyl (C=O) groups excluding carboxylic acids is 1. The molecule has 17 heavy (non-hydrogen) atoms. The molecule has 0 aliphatic heterocycles. The summed E-state index contributed by atoms with van der Waals surface area (Å²) < 4.78 is 0. The smallest absolute Gasteiger partial charge is 0.185 e. The highest BCUT2D eigenvalue weighted by atomic mass is 79.9. The topological polar surface area (TPSA) is 30.0 Å². The Morgan fingerprint density at radius 2 is 1.94 bits per heavy atom. The molecule has 0 saturated carbocycles. The fraction of sp³-hybridized carbons (Fsp3) is 0.231. The molecule has 88 valence electrons. The lowest BCUT2D eigenvalue weighted by atomic mass is 10.2. The van der Waals surface area contributed by atoms with E-state index in [9.17, 15) is 4.79 Å². The maximum atomic E-state index is 11.7. The van der Waals surface area contributed by atoms with Crippen LogP contribution >= 0.6 is 27.3 Å². The van der Waals surface area contributed by atoms with Crippen LogP contribution < -0.4 is 0 Å². The fourth-order valence-corrected chi connectivity index (χ4v) is 3.01. The monoisotopic (exact) mass is 309 g/mol. The minimum absolute atomic E-state index is 0.0957. The van der Waals surface area contributed by atoms with Gasteiger partial charge in [-0.15, -0.1) is 11.3 Å². The Kier molecular flexibility index (Phi) is 3.74.